The van der Waals surface area contributed by atoms with Gasteiger partial charge in [-0.05, 0) is 39.7 Å². The van der Waals surface area contributed by atoms with Crippen LogP contribution in [0.5, 0.6) is 5.75 Å². The van der Waals surface area contributed by atoms with Crippen LogP contribution in [0, 0.1) is 5.82 Å². The highest BCUT2D eigenvalue weighted by atomic mass is 79.9. The van der Waals surface area contributed by atoms with Crippen LogP contribution in [-0.2, 0) is 6.61 Å². The Bertz CT molecular complexity index is 597. The molecule has 0 saturated carbocycles. The van der Waals surface area contributed by atoms with Gasteiger partial charge in [0.25, 0.3) is 0 Å². The van der Waals surface area contributed by atoms with Gasteiger partial charge in [-0.15, -0.1) is 0 Å². The number of nitrogens with two attached hydrogens (primary N) is 1. The summed E-state index contributed by atoms with van der Waals surface area (Å²) in [5.41, 5.74) is 3.29. The first-order valence-electron chi connectivity index (χ1n) is 5.29. The number of aromatic nitrogens is 1. The van der Waals surface area contributed by atoms with E-state index in [1.165, 1.54) is 12.1 Å². The highest BCUT2D eigenvalue weighted by Gasteiger charge is 2.08. The molecule has 0 spiro atoms. The molecule has 0 aliphatic heterocycles. The zero-order valence-corrected chi connectivity index (χ0v) is 12.0. The molecule has 3 N–H and O–H groups in total. The number of hydrogen-bond acceptors (Lipinski definition) is 4. The van der Waals surface area contributed by atoms with Crippen molar-refractivity contribution in [2.24, 2.45) is 5.84 Å². The van der Waals surface area contributed by atoms with Gasteiger partial charge in [0.15, 0.2) is 0 Å². The molecule has 2 aromatic rings. The number of anilines is 1. The molecule has 0 bridgehead atoms. The van der Waals surface area contributed by atoms with Crippen LogP contribution in [0.3, 0.4) is 0 Å². The fraction of sp³-hybridized carbons (Fsp3) is 0.0833. The van der Waals surface area contributed by atoms with Crippen LogP contribution in [0.1, 0.15) is 5.56 Å². The lowest BCUT2D eigenvalue weighted by molar-refractivity contribution is 0.302. The van der Waals surface area contributed by atoms with Gasteiger partial charge in [-0.25, -0.2) is 15.2 Å². The molecule has 1 aromatic carbocycles. The van der Waals surface area contributed by atoms with E-state index in [1.54, 1.807) is 18.3 Å². The van der Waals surface area contributed by atoms with Crippen LogP contribution in [0.2, 0.25) is 5.02 Å². The molecular formula is C12H10BrClFN3O. The van der Waals surface area contributed by atoms with Gasteiger partial charge in [0, 0.05) is 12.3 Å². The van der Waals surface area contributed by atoms with Crippen LogP contribution in [-0.4, -0.2) is 4.98 Å². The van der Waals surface area contributed by atoms with Gasteiger partial charge in [0.1, 0.15) is 24.0 Å². The standard InChI is InChI=1S/C12H10BrClFN3O/c13-8-4-9(14)10(15)5-11(8)19-6-7-1-2-17-12(3-7)18-16/h1-5H,6,16H2,(H,17,18). The molecule has 0 saturated heterocycles. The summed E-state index contributed by atoms with van der Waals surface area (Å²) in [6, 6.07) is 6.20. The van der Waals surface area contributed by atoms with E-state index in [2.05, 4.69) is 26.3 Å². The second kappa shape index (κ2) is 6.18. The molecule has 0 radical (unpaired) electrons. The quantitative estimate of drug-likeness (QED) is 0.505. The Balaban J connectivity index is 2.12. The van der Waals surface area contributed by atoms with Crippen LogP contribution in [0.15, 0.2) is 34.9 Å². The molecule has 7 heteroatoms. The van der Waals surface area contributed by atoms with Crippen LogP contribution in [0.25, 0.3) is 0 Å². The lowest BCUT2D eigenvalue weighted by Crippen LogP contribution is -2.09. The zero-order valence-electron chi connectivity index (χ0n) is 9.66. The van der Waals surface area contributed by atoms with Crippen molar-refractivity contribution in [1.82, 2.24) is 4.98 Å². The highest BCUT2D eigenvalue weighted by molar-refractivity contribution is 9.10. The van der Waals surface area contributed by atoms with Crippen molar-refractivity contribution < 1.29 is 9.13 Å². The van der Waals surface area contributed by atoms with E-state index in [-0.39, 0.29) is 11.6 Å². The van der Waals surface area contributed by atoms with E-state index in [9.17, 15) is 4.39 Å². The van der Waals surface area contributed by atoms with Crippen molar-refractivity contribution in [1.29, 1.82) is 0 Å². The maximum atomic E-state index is 13.3. The second-order valence-corrected chi connectivity index (χ2v) is 4.94. The smallest absolute Gasteiger partial charge is 0.145 e. The Morgan fingerprint density at radius 3 is 2.95 bits per heavy atom. The summed E-state index contributed by atoms with van der Waals surface area (Å²) < 4.78 is 19.4. The zero-order chi connectivity index (χ0) is 13.8. The summed E-state index contributed by atoms with van der Waals surface area (Å²) in [7, 11) is 0. The Morgan fingerprint density at radius 2 is 2.21 bits per heavy atom. The van der Waals surface area contributed by atoms with Gasteiger partial charge < -0.3 is 10.2 Å². The van der Waals surface area contributed by atoms with Gasteiger partial charge in [-0.1, -0.05) is 11.6 Å². The Kier molecular flexibility index (Phi) is 4.57. The average Bonchev–Trinajstić information content (AvgIpc) is 2.41. The first-order valence-corrected chi connectivity index (χ1v) is 6.46. The van der Waals surface area contributed by atoms with Gasteiger partial charge in [0.05, 0.1) is 9.50 Å². The van der Waals surface area contributed by atoms with Gasteiger partial charge in [0.2, 0.25) is 0 Å². The minimum Gasteiger partial charge on any atom is -0.488 e. The topological polar surface area (TPSA) is 60.2 Å². The molecule has 100 valence electrons. The van der Waals surface area contributed by atoms with E-state index in [1.807, 2.05) is 0 Å². The van der Waals surface area contributed by atoms with Crippen molar-refractivity contribution in [3.05, 3.63) is 51.3 Å². The van der Waals surface area contributed by atoms with E-state index >= 15 is 0 Å². The number of hydrazine groups is 1. The lowest BCUT2D eigenvalue weighted by Gasteiger charge is -2.09. The fourth-order valence-electron chi connectivity index (χ4n) is 1.42. The maximum absolute atomic E-state index is 13.3. The number of benzene rings is 1. The molecular weight excluding hydrogens is 337 g/mol. The summed E-state index contributed by atoms with van der Waals surface area (Å²) in [5, 5.41) is 0.0396. The number of nitrogens with zero attached hydrogens (tertiary/aromatic N) is 1. The average molecular weight is 347 g/mol. The molecule has 0 amide bonds. The van der Waals surface area contributed by atoms with Crippen molar-refractivity contribution in [2.45, 2.75) is 6.61 Å². The molecule has 0 aliphatic rings. The summed E-state index contributed by atoms with van der Waals surface area (Å²) in [6.07, 6.45) is 1.60. The second-order valence-electron chi connectivity index (χ2n) is 3.68. The van der Waals surface area contributed by atoms with Crippen molar-refractivity contribution >= 4 is 33.3 Å². The third-order valence-corrected chi connectivity index (χ3v) is 3.25. The van der Waals surface area contributed by atoms with Gasteiger partial charge >= 0.3 is 0 Å². The third kappa shape index (κ3) is 3.56. The molecule has 19 heavy (non-hydrogen) atoms. The van der Waals surface area contributed by atoms with E-state index < -0.39 is 5.82 Å². The molecule has 0 fully saturated rings. The number of halogens is 3. The summed E-state index contributed by atoms with van der Waals surface area (Å²) >= 11 is 8.91. The number of hydrogen-bond donors (Lipinski definition) is 2. The predicted octanol–water partition coefficient (Wildman–Crippen LogP) is 3.50. The molecule has 0 atom stereocenters. The van der Waals surface area contributed by atoms with E-state index in [0.29, 0.717) is 16.0 Å². The molecule has 1 heterocycles. The summed E-state index contributed by atoms with van der Waals surface area (Å²) in [4.78, 5) is 3.98. The minimum atomic E-state index is -0.529. The molecule has 2 rings (SSSR count). The number of nitrogens with one attached hydrogen (secondary N) is 1. The monoisotopic (exact) mass is 345 g/mol. The number of rotatable bonds is 4. The molecule has 1 aromatic heterocycles. The van der Waals surface area contributed by atoms with E-state index in [4.69, 9.17) is 22.2 Å². The first-order chi connectivity index (χ1) is 9.10. The summed E-state index contributed by atoms with van der Waals surface area (Å²) in [6.45, 7) is 0.261. The third-order valence-electron chi connectivity index (χ3n) is 2.34. The van der Waals surface area contributed by atoms with Crippen molar-refractivity contribution in [3.8, 4) is 5.75 Å². The largest absolute Gasteiger partial charge is 0.488 e. The fourth-order valence-corrected chi connectivity index (χ4v) is 2.17. The molecule has 4 nitrogen and oxygen atoms in total. The predicted molar refractivity (Wildman–Crippen MR) is 75.5 cm³/mol. The van der Waals surface area contributed by atoms with Crippen LogP contribution in [0.4, 0.5) is 10.2 Å². The lowest BCUT2D eigenvalue weighted by atomic mass is 10.3. The number of pyridine rings is 1. The maximum Gasteiger partial charge on any atom is 0.145 e. The highest BCUT2D eigenvalue weighted by Crippen LogP contribution is 2.31. The normalized spacial score (nSPS) is 10.3. The Hall–Kier alpha value is -1.37. The van der Waals surface area contributed by atoms with Crippen molar-refractivity contribution in [3.63, 3.8) is 0 Å². The molecule has 0 aliphatic carbocycles. The molecule has 0 unspecified atom stereocenters. The van der Waals surface area contributed by atoms with E-state index in [0.717, 1.165) is 5.56 Å². The minimum absolute atomic E-state index is 0.0396. The van der Waals surface area contributed by atoms with Crippen molar-refractivity contribution in [2.75, 3.05) is 5.43 Å². The van der Waals surface area contributed by atoms with Crippen LogP contribution < -0.4 is 16.0 Å². The van der Waals surface area contributed by atoms with Gasteiger partial charge in [-0.3, -0.25) is 0 Å². The van der Waals surface area contributed by atoms with Gasteiger partial charge in [-0.2, -0.15) is 0 Å². The number of ether oxygens (including phenoxy) is 1. The first kappa shape index (κ1) is 14.0. The Morgan fingerprint density at radius 1 is 1.42 bits per heavy atom. The van der Waals surface area contributed by atoms with Crippen LogP contribution >= 0.6 is 27.5 Å². The SMILES string of the molecule is NNc1cc(COc2cc(F)c(Cl)cc2Br)ccn1. The Labute approximate surface area is 122 Å². The number of nitrogen functional groups attached to an aromatic ring is 1. The summed E-state index contributed by atoms with van der Waals surface area (Å²) in [5.74, 6) is 5.64.